The van der Waals surface area contributed by atoms with Crippen molar-refractivity contribution < 1.29 is 13.9 Å². The fourth-order valence-corrected chi connectivity index (χ4v) is 3.68. The minimum Gasteiger partial charge on any atom is -0.379 e. The molecule has 2 fully saturated rings. The maximum absolute atomic E-state index is 13.0. The van der Waals surface area contributed by atoms with Gasteiger partial charge in [-0.2, -0.15) is 0 Å². The van der Waals surface area contributed by atoms with Gasteiger partial charge in [0.1, 0.15) is 5.82 Å². The predicted octanol–water partition coefficient (Wildman–Crippen LogP) is 1.88. The first-order valence-electron chi connectivity index (χ1n) is 9.75. The Balaban J connectivity index is 1.29. The third kappa shape index (κ3) is 6.04. The molecule has 0 radical (unpaired) electrons. The molecule has 3 rings (SSSR count). The Hall–Kier alpha value is -1.50. The van der Waals surface area contributed by atoms with E-state index in [1.807, 2.05) is 12.1 Å². The molecule has 1 amide bonds. The summed E-state index contributed by atoms with van der Waals surface area (Å²) in [6.07, 6.45) is 2.79. The number of piperidine rings is 1. The van der Waals surface area contributed by atoms with Gasteiger partial charge in [-0.05, 0) is 56.6 Å². The second kappa shape index (κ2) is 10.00. The molecule has 26 heavy (non-hydrogen) atoms. The summed E-state index contributed by atoms with van der Waals surface area (Å²) in [6, 6.07) is 6.68. The fraction of sp³-hybridized carbons (Fsp3) is 0.650. The molecule has 0 bridgehead atoms. The number of nitrogens with zero attached hydrogens (tertiary/aromatic N) is 2. The molecule has 144 valence electrons. The van der Waals surface area contributed by atoms with E-state index < -0.39 is 0 Å². The van der Waals surface area contributed by atoms with Crippen molar-refractivity contribution in [3.63, 3.8) is 0 Å². The number of halogens is 1. The van der Waals surface area contributed by atoms with Crippen LogP contribution in [0.2, 0.25) is 0 Å². The van der Waals surface area contributed by atoms with E-state index in [-0.39, 0.29) is 17.6 Å². The van der Waals surface area contributed by atoms with Gasteiger partial charge in [0.25, 0.3) is 0 Å². The lowest BCUT2D eigenvalue weighted by molar-refractivity contribution is -0.126. The molecule has 0 atom stereocenters. The Kier molecular flexibility index (Phi) is 7.41. The molecule has 0 unspecified atom stereocenters. The summed E-state index contributed by atoms with van der Waals surface area (Å²) in [5.41, 5.74) is 1.12. The van der Waals surface area contributed by atoms with Crippen LogP contribution >= 0.6 is 0 Å². The van der Waals surface area contributed by atoms with Crippen LogP contribution < -0.4 is 5.32 Å². The van der Waals surface area contributed by atoms with Crippen molar-refractivity contribution in [2.24, 2.45) is 5.92 Å². The number of hydrogen-bond acceptors (Lipinski definition) is 4. The summed E-state index contributed by atoms with van der Waals surface area (Å²) in [5.74, 6) is 0.133. The normalized spacial score (nSPS) is 20.2. The number of amides is 1. The van der Waals surface area contributed by atoms with E-state index in [0.29, 0.717) is 0 Å². The molecular weight excluding hydrogens is 333 g/mol. The third-order valence-corrected chi connectivity index (χ3v) is 5.33. The van der Waals surface area contributed by atoms with Gasteiger partial charge in [0.15, 0.2) is 0 Å². The highest BCUT2D eigenvalue weighted by Crippen LogP contribution is 2.19. The largest absolute Gasteiger partial charge is 0.379 e. The molecule has 2 heterocycles. The molecule has 0 aromatic heterocycles. The van der Waals surface area contributed by atoms with Crippen LogP contribution in [0.25, 0.3) is 0 Å². The lowest BCUT2D eigenvalue weighted by Crippen LogP contribution is -2.41. The number of benzene rings is 1. The van der Waals surface area contributed by atoms with Crippen molar-refractivity contribution in [1.29, 1.82) is 0 Å². The van der Waals surface area contributed by atoms with Crippen molar-refractivity contribution in [3.8, 4) is 0 Å². The van der Waals surface area contributed by atoms with Crippen LogP contribution in [-0.4, -0.2) is 68.2 Å². The van der Waals surface area contributed by atoms with E-state index in [9.17, 15) is 9.18 Å². The highest BCUT2D eigenvalue weighted by molar-refractivity contribution is 5.78. The van der Waals surface area contributed by atoms with Gasteiger partial charge in [-0.1, -0.05) is 12.1 Å². The molecule has 6 heteroatoms. The smallest absolute Gasteiger partial charge is 0.223 e. The molecule has 2 saturated heterocycles. The number of rotatable bonds is 7. The van der Waals surface area contributed by atoms with Crippen molar-refractivity contribution >= 4 is 5.91 Å². The Morgan fingerprint density at radius 3 is 2.46 bits per heavy atom. The summed E-state index contributed by atoms with van der Waals surface area (Å²) in [6.45, 7) is 8.10. The lowest BCUT2D eigenvalue weighted by Gasteiger charge is -2.31. The van der Waals surface area contributed by atoms with Crippen LogP contribution in [0.15, 0.2) is 24.3 Å². The topological polar surface area (TPSA) is 44.8 Å². The highest BCUT2D eigenvalue weighted by atomic mass is 19.1. The Bertz CT molecular complexity index is 553. The van der Waals surface area contributed by atoms with Crippen LogP contribution in [0, 0.1) is 11.7 Å². The van der Waals surface area contributed by atoms with Crippen molar-refractivity contribution in [3.05, 3.63) is 35.6 Å². The average molecular weight is 363 g/mol. The zero-order chi connectivity index (χ0) is 18.2. The first-order valence-corrected chi connectivity index (χ1v) is 9.75. The molecule has 2 aliphatic heterocycles. The number of likely N-dealkylation sites (tertiary alicyclic amines) is 1. The first-order chi connectivity index (χ1) is 12.7. The van der Waals surface area contributed by atoms with Gasteiger partial charge in [-0.15, -0.1) is 0 Å². The fourth-order valence-electron chi connectivity index (χ4n) is 3.68. The van der Waals surface area contributed by atoms with Gasteiger partial charge in [0, 0.05) is 32.1 Å². The van der Waals surface area contributed by atoms with E-state index in [4.69, 9.17) is 4.74 Å². The monoisotopic (exact) mass is 363 g/mol. The lowest BCUT2D eigenvalue weighted by atomic mass is 9.95. The number of hydrogen-bond donors (Lipinski definition) is 1. The molecule has 0 saturated carbocycles. The molecule has 5 nitrogen and oxygen atoms in total. The van der Waals surface area contributed by atoms with Crippen LogP contribution in [0.5, 0.6) is 0 Å². The van der Waals surface area contributed by atoms with Gasteiger partial charge in [0.05, 0.1) is 13.2 Å². The minimum absolute atomic E-state index is 0.128. The predicted molar refractivity (Wildman–Crippen MR) is 99.3 cm³/mol. The number of ether oxygens (including phenoxy) is 1. The van der Waals surface area contributed by atoms with E-state index in [1.54, 1.807) is 0 Å². The molecule has 1 N–H and O–H groups in total. The second-order valence-electron chi connectivity index (χ2n) is 7.28. The van der Waals surface area contributed by atoms with Gasteiger partial charge in [-0.3, -0.25) is 14.6 Å². The maximum Gasteiger partial charge on any atom is 0.223 e. The second-order valence-corrected chi connectivity index (χ2v) is 7.28. The van der Waals surface area contributed by atoms with Crippen molar-refractivity contribution in [2.75, 3.05) is 52.5 Å². The summed E-state index contributed by atoms with van der Waals surface area (Å²) in [7, 11) is 0. The van der Waals surface area contributed by atoms with E-state index in [1.165, 1.54) is 12.1 Å². The van der Waals surface area contributed by atoms with Gasteiger partial charge >= 0.3 is 0 Å². The zero-order valence-electron chi connectivity index (χ0n) is 15.5. The molecule has 0 aliphatic carbocycles. The number of morpholine rings is 1. The van der Waals surface area contributed by atoms with Crippen LogP contribution in [0.3, 0.4) is 0 Å². The summed E-state index contributed by atoms with van der Waals surface area (Å²) in [4.78, 5) is 17.1. The number of nitrogens with one attached hydrogen (secondary N) is 1. The van der Waals surface area contributed by atoms with E-state index in [2.05, 4.69) is 15.1 Å². The van der Waals surface area contributed by atoms with Crippen LogP contribution in [-0.2, 0) is 16.1 Å². The Labute approximate surface area is 155 Å². The molecular formula is C20H30FN3O2. The highest BCUT2D eigenvalue weighted by Gasteiger charge is 2.24. The summed E-state index contributed by atoms with van der Waals surface area (Å²) >= 11 is 0. The Morgan fingerprint density at radius 2 is 1.77 bits per heavy atom. The molecule has 1 aromatic rings. The quantitative estimate of drug-likeness (QED) is 0.752. The maximum atomic E-state index is 13.0. The first kappa shape index (κ1) is 19.3. The summed E-state index contributed by atoms with van der Waals surface area (Å²) < 4.78 is 18.3. The summed E-state index contributed by atoms with van der Waals surface area (Å²) in [5, 5.41) is 3.11. The molecule has 0 spiro atoms. The molecule has 1 aromatic carbocycles. The van der Waals surface area contributed by atoms with Gasteiger partial charge in [-0.25, -0.2) is 4.39 Å². The SMILES string of the molecule is O=C(NCCCN1CCOCC1)C1CCN(Cc2ccc(F)cc2)CC1. The van der Waals surface area contributed by atoms with Gasteiger partial charge in [0.2, 0.25) is 5.91 Å². The van der Waals surface area contributed by atoms with Crippen LogP contribution in [0.4, 0.5) is 4.39 Å². The van der Waals surface area contributed by atoms with Crippen molar-refractivity contribution in [1.82, 2.24) is 15.1 Å². The average Bonchev–Trinajstić information content (AvgIpc) is 2.68. The van der Waals surface area contributed by atoms with E-state index >= 15 is 0 Å². The number of carbonyl (C=O) groups is 1. The number of carbonyl (C=O) groups excluding carboxylic acids is 1. The van der Waals surface area contributed by atoms with Crippen LogP contribution in [0.1, 0.15) is 24.8 Å². The molecule has 2 aliphatic rings. The minimum atomic E-state index is -0.197. The zero-order valence-corrected chi connectivity index (χ0v) is 15.5. The van der Waals surface area contributed by atoms with E-state index in [0.717, 1.165) is 83.9 Å². The van der Waals surface area contributed by atoms with Crippen molar-refractivity contribution in [2.45, 2.75) is 25.8 Å². The Morgan fingerprint density at radius 1 is 1.08 bits per heavy atom. The third-order valence-electron chi connectivity index (χ3n) is 5.33. The standard InChI is InChI=1S/C20H30FN3O2/c21-19-4-2-17(3-5-19)16-24-10-6-18(7-11-24)20(25)22-8-1-9-23-12-14-26-15-13-23/h2-5,18H,1,6-16H2,(H,22,25). The van der Waals surface area contributed by atoms with Gasteiger partial charge < -0.3 is 10.1 Å².